The van der Waals surface area contributed by atoms with Crippen LogP contribution in [0.3, 0.4) is 0 Å². The highest BCUT2D eigenvalue weighted by Crippen LogP contribution is 2.24. The fourth-order valence-electron chi connectivity index (χ4n) is 3.94. The third kappa shape index (κ3) is 7.88. The molecule has 4 rings (SSSR count). The van der Waals surface area contributed by atoms with Crippen molar-refractivity contribution in [2.75, 3.05) is 36.9 Å². The van der Waals surface area contributed by atoms with Crippen LogP contribution in [0.25, 0.3) is 0 Å². The van der Waals surface area contributed by atoms with Crippen LogP contribution in [0.5, 0.6) is 5.75 Å². The van der Waals surface area contributed by atoms with Crippen molar-refractivity contribution >= 4 is 33.2 Å². The molecular weight excluding hydrogens is 488 g/mol. The van der Waals surface area contributed by atoms with E-state index in [4.69, 9.17) is 8.85 Å². The van der Waals surface area contributed by atoms with Gasteiger partial charge in [-0.1, -0.05) is 6.07 Å². The summed E-state index contributed by atoms with van der Waals surface area (Å²) in [6.45, 7) is 6.54. The Hall–Kier alpha value is -3.21. The maximum atomic E-state index is 12.8. The Labute approximate surface area is 223 Å². The molecule has 198 valence electrons. The molecule has 2 aromatic carbocycles. The molecule has 3 N–H and O–H groups in total. The third-order valence-electron chi connectivity index (χ3n) is 5.62. The highest BCUT2D eigenvalue weighted by Gasteiger charge is 2.22. The van der Waals surface area contributed by atoms with Crippen LogP contribution >= 0.6 is 0 Å². The lowest BCUT2D eigenvalue weighted by Gasteiger charge is -2.20. The van der Waals surface area contributed by atoms with E-state index >= 15 is 0 Å². The van der Waals surface area contributed by atoms with Crippen LogP contribution in [0.1, 0.15) is 43.3 Å². The number of benzene rings is 2. The number of aromatic nitrogens is 2. The number of nitrogens with one attached hydrogen (secondary N) is 3. The summed E-state index contributed by atoms with van der Waals surface area (Å²) in [7, 11) is -3.79. The Morgan fingerprint density at radius 1 is 1.05 bits per heavy atom. The molecule has 0 unspecified atom stereocenters. The second kappa shape index (κ2) is 11.5. The van der Waals surface area contributed by atoms with Crippen molar-refractivity contribution in [3.63, 3.8) is 0 Å². The summed E-state index contributed by atoms with van der Waals surface area (Å²) >= 11 is 0. The molecule has 1 aliphatic heterocycles. The van der Waals surface area contributed by atoms with Gasteiger partial charge >= 0.3 is 0 Å². The number of hydrogen-bond acceptors (Lipinski definition) is 8. The van der Waals surface area contributed by atoms with Crippen LogP contribution in [0.2, 0.25) is 0 Å². The predicted molar refractivity (Wildman–Crippen MR) is 147 cm³/mol. The first-order valence-corrected chi connectivity index (χ1v) is 13.8. The number of ether oxygens (including phenoxy) is 1. The first-order chi connectivity index (χ1) is 18.8. The lowest BCUT2D eigenvalue weighted by atomic mass is 10.1. The Morgan fingerprint density at radius 2 is 1.81 bits per heavy atom. The molecule has 0 bridgehead atoms. The van der Waals surface area contributed by atoms with E-state index in [0.717, 1.165) is 25.4 Å². The quantitative estimate of drug-likeness (QED) is 0.344. The fraction of sp³-hybridized carbons (Fsp3) is 0.407. The number of anilines is 4. The van der Waals surface area contributed by atoms with Crippen LogP contribution in [-0.2, 0) is 10.0 Å². The molecule has 1 aliphatic rings. The van der Waals surface area contributed by atoms with Crippen LogP contribution in [-0.4, -0.2) is 55.1 Å². The minimum absolute atomic E-state index is 0.0395. The lowest BCUT2D eigenvalue weighted by Crippen LogP contribution is -2.40. The zero-order valence-corrected chi connectivity index (χ0v) is 22.2. The summed E-state index contributed by atoms with van der Waals surface area (Å²) in [5, 5.41) is 6.05. The fourth-order valence-corrected chi connectivity index (χ4v) is 5.40. The third-order valence-corrected chi connectivity index (χ3v) is 7.38. The highest BCUT2D eigenvalue weighted by molar-refractivity contribution is 7.89. The van der Waals surface area contributed by atoms with Gasteiger partial charge in [0.05, 0.1) is 4.90 Å². The largest absolute Gasteiger partial charge is 0.492 e. The van der Waals surface area contributed by atoms with Gasteiger partial charge in [-0.25, -0.2) is 18.1 Å². The summed E-state index contributed by atoms with van der Waals surface area (Å²) in [6.07, 6.45) is 3.73. The van der Waals surface area contributed by atoms with Crippen LogP contribution in [0.4, 0.5) is 23.1 Å². The molecule has 3 aromatic rings. The Balaban J connectivity index is 1.49. The van der Waals surface area contributed by atoms with E-state index in [1.54, 1.807) is 32.9 Å². The van der Waals surface area contributed by atoms with Crippen LogP contribution in [0, 0.1) is 6.85 Å². The van der Waals surface area contributed by atoms with E-state index in [1.807, 2.05) is 24.3 Å². The molecule has 9 nitrogen and oxygen atoms in total. The summed E-state index contributed by atoms with van der Waals surface area (Å²) < 4.78 is 57.8. The summed E-state index contributed by atoms with van der Waals surface area (Å²) in [5.74, 6) is 0.968. The van der Waals surface area contributed by atoms with Crippen LogP contribution < -0.4 is 20.1 Å². The van der Waals surface area contributed by atoms with E-state index in [1.165, 1.54) is 31.2 Å². The van der Waals surface area contributed by atoms with Gasteiger partial charge in [0.25, 0.3) is 0 Å². The highest BCUT2D eigenvalue weighted by atomic mass is 32.2. The van der Waals surface area contributed by atoms with Gasteiger partial charge in [-0.15, -0.1) is 0 Å². The number of hydrogen-bond donors (Lipinski definition) is 3. The molecule has 1 fully saturated rings. The van der Waals surface area contributed by atoms with Crippen molar-refractivity contribution in [1.29, 1.82) is 0 Å². The van der Waals surface area contributed by atoms with E-state index in [9.17, 15) is 8.42 Å². The lowest BCUT2D eigenvalue weighted by molar-refractivity contribution is 0.238. The topological polar surface area (TPSA) is 108 Å². The van der Waals surface area contributed by atoms with E-state index < -0.39 is 22.4 Å². The molecule has 0 amide bonds. The number of sulfonamides is 1. The molecule has 10 heteroatoms. The molecule has 1 aromatic heterocycles. The van der Waals surface area contributed by atoms with Gasteiger partial charge < -0.3 is 15.4 Å². The Morgan fingerprint density at radius 3 is 2.51 bits per heavy atom. The number of nitrogens with zero attached hydrogens (tertiary/aromatic N) is 3. The number of likely N-dealkylation sites (tertiary alicyclic amines) is 1. The van der Waals surface area contributed by atoms with Crippen LogP contribution in [0.15, 0.2) is 59.6 Å². The first-order valence-electron chi connectivity index (χ1n) is 13.8. The van der Waals surface area contributed by atoms with Crippen molar-refractivity contribution in [1.82, 2.24) is 19.6 Å². The van der Waals surface area contributed by atoms with E-state index in [0.29, 0.717) is 18.0 Å². The molecule has 0 aliphatic carbocycles. The normalized spacial score (nSPS) is 16.0. The Bertz CT molecular complexity index is 1400. The van der Waals surface area contributed by atoms with Gasteiger partial charge in [0, 0.05) is 39.3 Å². The average Bonchev–Trinajstić information content (AvgIpc) is 3.37. The maximum Gasteiger partial charge on any atom is 0.241 e. The summed E-state index contributed by atoms with van der Waals surface area (Å²) in [5.41, 5.74) is 0.297. The molecule has 0 spiro atoms. The predicted octanol–water partition coefficient (Wildman–Crippen LogP) is 4.82. The second-order valence-electron chi connectivity index (χ2n) is 10.0. The van der Waals surface area contributed by atoms with Gasteiger partial charge in [0.15, 0.2) is 0 Å². The second-order valence-corrected chi connectivity index (χ2v) is 11.7. The molecule has 0 atom stereocenters. The molecule has 0 saturated carbocycles. The maximum absolute atomic E-state index is 12.8. The molecule has 37 heavy (non-hydrogen) atoms. The summed E-state index contributed by atoms with van der Waals surface area (Å²) in [6, 6.07) is 13.5. The molecule has 2 heterocycles. The van der Waals surface area contributed by atoms with Crippen molar-refractivity contribution in [3.8, 4) is 5.75 Å². The number of aryl methyl sites for hydroxylation is 1. The molecule has 1 saturated heterocycles. The monoisotopic (exact) mass is 527 g/mol. The van der Waals surface area contributed by atoms with E-state index in [2.05, 4.69) is 30.2 Å². The number of rotatable bonds is 10. The minimum atomic E-state index is -3.79. The van der Waals surface area contributed by atoms with Gasteiger partial charge in [-0.05, 0) is 96.0 Å². The van der Waals surface area contributed by atoms with Gasteiger partial charge in [0.1, 0.15) is 18.2 Å². The minimum Gasteiger partial charge on any atom is -0.492 e. The van der Waals surface area contributed by atoms with Crippen molar-refractivity contribution in [2.45, 2.75) is 50.9 Å². The first kappa shape index (κ1) is 22.9. The van der Waals surface area contributed by atoms with Gasteiger partial charge in [0.2, 0.25) is 16.0 Å². The average molecular weight is 528 g/mol. The van der Waals surface area contributed by atoms with Gasteiger partial charge in [-0.3, -0.25) is 4.90 Å². The zero-order valence-electron chi connectivity index (χ0n) is 24.4. The van der Waals surface area contributed by atoms with Crippen molar-refractivity contribution < 1.29 is 17.3 Å². The smallest absolute Gasteiger partial charge is 0.241 e. The Kier molecular flexibility index (Phi) is 7.10. The zero-order chi connectivity index (χ0) is 29.0. The summed E-state index contributed by atoms with van der Waals surface area (Å²) in [4.78, 5) is 11.0. The molecular formula is C27H36N6O3S. The van der Waals surface area contributed by atoms with Gasteiger partial charge in [-0.2, -0.15) is 4.98 Å². The van der Waals surface area contributed by atoms with Crippen molar-refractivity contribution in [2.24, 2.45) is 0 Å². The standard InChI is InChI=1S/C27H36N6O3S/c1-20-19-28-26(30-21-10-12-23(13-11-21)36-17-16-33-14-5-6-15-33)31-25(20)29-22-8-7-9-24(18-22)37(34,35)32-27(2,3)4/h7-13,18-19,32H,5-6,14-17H2,1-4H3,(H2,28,29,30,31)/i1D3. The van der Waals surface area contributed by atoms with Crippen molar-refractivity contribution in [3.05, 3.63) is 60.3 Å². The van der Waals surface area contributed by atoms with E-state index in [-0.39, 0.29) is 22.2 Å². The SMILES string of the molecule is [2H]C([2H])([2H])c1cnc(Nc2ccc(OCCN3CCCC3)cc2)nc1Nc1cccc(S(=O)(=O)NC(C)(C)C)c1. The molecule has 0 radical (unpaired) electrons.